The van der Waals surface area contributed by atoms with E-state index < -0.39 is 0 Å². The summed E-state index contributed by atoms with van der Waals surface area (Å²) >= 11 is 1.79. The molecule has 1 aromatic rings. The van der Waals surface area contributed by atoms with Gasteiger partial charge in [-0.3, -0.25) is 0 Å². The van der Waals surface area contributed by atoms with Crippen LogP contribution in [0.2, 0.25) is 0 Å². The molecule has 1 saturated carbocycles. The van der Waals surface area contributed by atoms with Gasteiger partial charge in [-0.1, -0.05) is 25.3 Å². The Kier molecular flexibility index (Phi) is 3.73. The predicted molar refractivity (Wildman–Crippen MR) is 75.7 cm³/mol. The van der Waals surface area contributed by atoms with Gasteiger partial charge in [-0.25, -0.2) is 0 Å². The van der Waals surface area contributed by atoms with Crippen molar-refractivity contribution in [1.82, 2.24) is 0 Å². The Bertz CT molecular complexity index is 364. The number of rotatable bonds is 2. The van der Waals surface area contributed by atoms with Crippen LogP contribution in [-0.4, -0.2) is 12.2 Å². The lowest BCUT2D eigenvalue weighted by atomic mass is 9.74. The number of nitrogens with two attached hydrogens (primary N) is 1. The third kappa shape index (κ3) is 2.49. The van der Waals surface area contributed by atoms with Gasteiger partial charge in [0.05, 0.1) is 5.60 Å². The molecule has 2 aliphatic rings. The van der Waals surface area contributed by atoms with Crippen LogP contribution in [0, 0.1) is 5.92 Å². The van der Waals surface area contributed by atoms with Gasteiger partial charge in [0, 0.05) is 17.5 Å². The highest BCUT2D eigenvalue weighted by molar-refractivity contribution is 7.10. The fourth-order valence-electron chi connectivity index (χ4n) is 3.63. The van der Waals surface area contributed by atoms with E-state index in [0.717, 1.165) is 13.0 Å². The van der Waals surface area contributed by atoms with E-state index in [4.69, 9.17) is 10.5 Å². The third-order valence-electron chi connectivity index (χ3n) is 4.68. The van der Waals surface area contributed by atoms with Crippen molar-refractivity contribution in [3.8, 4) is 0 Å². The maximum absolute atomic E-state index is 6.46. The first-order valence-corrected chi connectivity index (χ1v) is 8.10. The average Bonchev–Trinajstić information content (AvgIpc) is 2.93. The molecule has 1 aliphatic carbocycles. The van der Waals surface area contributed by atoms with E-state index >= 15 is 0 Å². The van der Waals surface area contributed by atoms with Gasteiger partial charge in [-0.15, -0.1) is 11.3 Å². The minimum absolute atomic E-state index is 0.177. The molecule has 3 rings (SSSR count). The van der Waals surface area contributed by atoms with E-state index in [2.05, 4.69) is 17.5 Å². The van der Waals surface area contributed by atoms with Crippen molar-refractivity contribution in [2.24, 2.45) is 11.7 Å². The zero-order valence-electron chi connectivity index (χ0n) is 10.9. The molecule has 1 aliphatic heterocycles. The number of ether oxygens (including phenoxy) is 1. The fourth-order valence-corrected chi connectivity index (χ4v) is 4.45. The fraction of sp³-hybridized carbons (Fsp3) is 0.733. The standard InChI is InChI=1S/C15H23NOS/c16-14(13-5-4-10-18-13)12-6-9-17-15(11-12)7-2-1-3-8-15/h4-5,10,12,14H,1-3,6-9,11,16H2. The Labute approximate surface area is 114 Å². The van der Waals surface area contributed by atoms with Gasteiger partial charge in [0.2, 0.25) is 0 Å². The van der Waals surface area contributed by atoms with Gasteiger partial charge in [0.25, 0.3) is 0 Å². The van der Waals surface area contributed by atoms with Crippen molar-refractivity contribution < 1.29 is 4.74 Å². The summed E-state index contributed by atoms with van der Waals surface area (Å²) in [6, 6.07) is 4.50. The molecule has 3 heteroatoms. The van der Waals surface area contributed by atoms with E-state index in [1.807, 2.05) is 0 Å². The van der Waals surface area contributed by atoms with Crippen LogP contribution in [0.5, 0.6) is 0 Å². The van der Waals surface area contributed by atoms with Crippen LogP contribution in [0.1, 0.15) is 55.9 Å². The molecule has 0 amide bonds. The predicted octanol–water partition coefficient (Wildman–Crippen LogP) is 3.88. The second kappa shape index (κ2) is 5.32. The maximum atomic E-state index is 6.46. The molecule has 0 bridgehead atoms. The molecule has 2 fully saturated rings. The maximum Gasteiger partial charge on any atom is 0.0686 e. The molecule has 2 unspecified atom stereocenters. The lowest BCUT2D eigenvalue weighted by Gasteiger charge is -2.44. The van der Waals surface area contributed by atoms with Gasteiger partial charge in [0.15, 0.2) is 0 Å². The summed E-state index contributed by atoms with van der Waals surface area (Å²) in [5.41, 5.74) is 6.64. The molecule has 18 heavy (non-hydrogen) atoms. The minimum atomic E-state index is 0.177. The largest absolute Gasteiger partial charge is 0.375 e. The van der Waals surface area contributed by atoms with Crippen molar-refractivity contribution in [3.63, 3.8) is 0 Å². The van der Waals surface area contributed by atoms with Crippen LogP contribution in [-0.2, 0) is 4.74 Å². The van der Waals surface area contributed by atoms with Crippen molar-refractivity contribution in [3.05, 3.63) is 22.4 Å². The minimum Gasteiger partial charge on any atom is -0.375 e. The summed E-state index contributed by atoms with van der Waals surface area (Å²) < 4.78 is 6.15. The molecule has 0 aromatic carbocycles. The van der Waals surface area contributed by atoms with Crippen LogP contribution in [0.4, 0.5) is 0 Å². The lowest BCUT2D eigenvalue weighted by molar-refractivity contribution is -0.120. The van der Waals surface area contributed by atoms with E-state index in [0.29, 0.717) is 5.92 Å². The lowest BCUT2D eigenvalue weighted by Crippen LogP contribution is -2.43. The van der Waals surface area contributed by atoms with Gasteiger partial charge >= 0.3 is 0 Å². The summed E-state index contributed by atoms with van der Waals surface area (Å²) in [7, 11) is 0. The topological polar surface area (TPSA) is 35.2 Å². The molecule has 1 aromatic heterocycles. The Morgan fingerprint density at radius 2 is 2.17 bits per heavy atom. The first kappa shape index (κ1) is 12.6. The monoisotopic (exact) mass is 265 g/mol. The zero-order chi connectivity index (χ0) is 12.4. The van der Waals surface area contributed by atoms with Crippen LogP contribution >= 0.6 is 11.3 Å². The Hall–Kier alpha value is -0.380. The molecule has 1 saturated heterocycles. The quantitative estimate of drug-likeness (QED) is 0.881. The second-order valence-electron chi connectivity index (χ2n) is 5.89. The number of thiophene rings is 1. The number of hydrogen-bond acceptors (Lipinski definition) is 3. The smallest absolute Gasteiger partial charge is 0.0686 e. The molecular weight excluding hydrogens is 242 g/mol. The Morgan fingerprint density at radius 3 is 2.89 bits per heavy atom. The van der Waals surface area contributed by atoms with E-state index in [1.165, 1.54) is 43.4 Å². The van der Waals surface area contributed by atoms with Crippen LogP contribution in [0.25, 0.3) is 0 Å². The summed E-state index contributed by atoms with van der Waals surface area (Å²) in [4.78, 5) is 1.34. The molecule has 2 heterocycles. The molecule has 2 atom stereocenters. The van der Waals surface area contributed by atoms with Crippen LogP contribution in [0.3, 0.4) is 0 Å². The summed E-state index contributed by atoms with van der Waals surface area (Å²) in [5, 5.41) is 2.13. The van der Waals surface area contributed by atoms with Crippen molar-refractivity contribution in [2.45, 2.75) is 56.6 Å². The van der Waals surface area contributed by atoms with Crippen molar-refractivity contribution in [2.75, 3.05) is 6.61 Å². The Balaban J connectivity index is 1.70. The summed E-state index contributed by atoms with van der Waals surface area (Å²) in [6.07, 6.45) is 8.85. The molecule has 0 radical (unpaired) electrons. The molecule has 2 N–H and O–H groups in total. The number of hydrogen-bond donors (Lipinski definition) is 1. The molecule has 1 spiro atoms. The third-order valence-corrected chi connectivity index (χ3v) is 5.65. The highest BCUT2D eigenvalue weighted by Gasteiger charge is 2.40. The van der Waals surface area contributed by atoms with E-state index in [9.17, 15) is 0 Å². The zero-order valence-corrected chi connectivity index (χ0v) is 11.8. The van der Waals surface area contributed by atoms with Gasteiger partial charge < -0.3 is 10.5 Å². The van der Waals surface area contributed by atoms with E-state index in [-0.39, 0.29) is 11.6 Å². The van der Waals surface area contributed by atoms with Crippen LogP contribution in [0.15, 0.2) is 17.5 Å². The highest BCUT2D eigenvalue weighted by atomic mass is 32.1. The van der Waals surface area contributed by atoms with Gasteiger partial charge in [0.1, 0.15) is 0 Å². The second-order valence-corrected chi connectivity index (χ2v) is 6.87. The van der Waals surface area contributed by atoms with Crippen molar-refractivity contribution >= 4 is 11.3 Å². The molecule has 2 nitrogen and oxygen atoms in total. The normalized spacial score (nSPS) is 29.3. The first-order valence-electron chi connectivity index (χ1n) is 7.22. The highest BCUT2D eigenvalue weighted by Crippen LogP contribution is 2.44. The van der Waals surface area contributed by atoms with Crippen LogP contribution < -0.4 is 5.73 Å². The molecule has 100 valence electrons. The Morgan fingerprint density at radius 1 is 1.33 bits per heavy atom. The van der Waals surface area contributed by atoms with Gasteiger partial charge in [-0.05, 0) is 43.0 Å². The van der Waals surface area contributed by atoms with Crippen molar-refractivity contribution in [1.29, 1.82) is 0 Å². The average molecular weight is 265 g/mol. The van der Waals surface area contributed by atoms with E-state index in [1.54, 1.807) is 11.3 Å². The first-order chi connectivity index (χ1) is 8.79. The SMILES string of the molecule is NC(c1cccs1)C1CCOC2(CCCCC2)C1. The summed E-state index contributed by atoms with van der Waals surface area (Å²) in [5.74, 6) is 0.607. The molecular formula is C15H23NOS. The van der Waals surface area contributed by atoms with Gasteiger partial charge in [-0.2, -0.15) is 0 Å². The summed E-state index contributed by atoms with van der Waals surface area (Å²) in [6.45, 7) is 0.906.